The number of aliphatic hydroxyl groups excluding tert-OH is 1. The smallest absolute Gasteiger partial charge is 0.240 e. The minimum absolute atomic E-state index is 0.0451. The number of imidazole rings is 1. The second-order valence-electron chi connectivity index (χ2n) is 4.46. The van der Waals surface area contributed by atoms with E-state index < -0.39 is 22.4 Å². The highest BCUT2D eigenvalue weighted by molar-refractivity contribution is 7.89. The summed E-state index contributed by atoms with van der Waals surface area (Å²) in [5.41, 5.74) is -0.0451. The van der Waals surface area contributed by atoms with Crippen molar-refractivity contribution in [3.05, 3.63) is 48.3 Å². The van der Waals surface area contributed by atoms with Crippen molar-refractivity contribution in [2.45, 2.75) is 24.5 Å². The number of aliphatic hydroxyl groups is 1. The number of hydrogen-bond donors (Lipinski definition) is 2. The third-order valence-corrected chi connectivity index (χ3v) is 4.40. The van der Waals surface area contributed by atoms with E-state index in [0.717, 1.165) is 12.1 Å². The van der Waals surface area contributed by atoms with Crippen LogP contribution in [0, 0.1) is 5.82 Å². The van der Waals surface area contributed by atoms with Gasteiger partial charge in [0.05, 0.1) is 17.8 Å². The Morgan fingerprint density at radius 3 is 2.86 bits per heavy atom. The van der Waals surface area contributed by atoms with Crippen LogP contribution in [0.15, 0.2) is 41.8 Å². The largest absolute Gasteiger partial charge is 0.392 e. The minimum atomic E-state index is -3.70. The first-order chi connectivity index (χ1) is 10.0. The zero-order valence-electron chi connectivity index (χ0n) is 11.2. The first-order valence-corrected chi connectivity index (χ1v) is 7.86. The zero-order chi connectivity index (χ0) is 15.3. The Labute approximate surface area is 122 Å². The van der Waals surface area contributed by atoms with Crippen LogP contribution in [0.1, 0.15) is 12.0 Å². The average molecular weight is 313 g/mol. The van der Waals surface area contributed by atoms with Gasteiger partial charge in [0.25, 0.3) is 0 Å². The van der Waals surface area contributed by atoms with E-state index >= 15 is 0 Å². The summed E-state index contributed by atoms with van der Waals surface area (Å²) in [7, 11) is -3.70. The van der Waals surface area contributed by atoms with Gasteiger partial charge >= 0.3 is 0 Å². The van der Waals surface area contributed by atoms with Crippen molar-refractivity contribution in [2.75, 3.05) is 6.54 Å². The summed E-state index contributed by atoms with van der Waals surface area (Å²) in [4.78, 5) is 3.83. The topological polar surface area (TPSA) is 84.2 Å². The van der Waals surface area contributed by atoms with Gasteiger partial charge in [-0.05, 0) is 24.6 Å². The highest BCUT2D eigenvalue weighted by Crippen LogP contribution is 2.15. The normalized spacial score (nSPS) is 11.7. The van der Waals surface area contributed by atoms with E-state index in [2.05, 4.69) is 9.71 Å². The van der Waals surface area contributed by atoms with Crippen molar-refractivity contribution >= 4 is 10.0 Å². The van der Waals surface area contributed by atoms with Gasteiger partial charge in [-0.2, -0.15) is 0 Å². The molecule has 1 heterocycles. The maximum Gasteiger partial charge on any atom is 0.240 e. The summed E-state index contributed by atoms with van der Waals surface area (Å²) in [6.45, 7) is 0.357. The SMILES string of the molecule is O=S(=O)(NCCCn1ccnc1)c1ccc(F)c(CO)c1. The molecule has 0 atom stereocenters. The van der Waals surface area contributed by atoms with Gasteiger partial charge < -0.3 is 9.67 Å². The minimum Gasteiger partial charge on any atom is -0.392 e. The van der Waals surface area contributed by atoms with Crippen molar-refractivity contribution in [3.8, 4) is 0 Å². The van der Waals surface area contributed by atoms with E-state index in [1.165, 1.54) is 6.07 Å². The molecule has 0 saturated carbocycles. The van der Waals surface area contributed by atoms with Crippen LogP contribution in [0.4, 0.5) is 4.39 Å². The van der Waals surface area contributed by atoms with Crippen molar-refractivity contribution in [1.82, 2.24) is 14.3 Å². The molecule has 0 aliphatic carbocycles. The lowest BCUT2D eigenvalue weighted by Crippen LogP contribution is -2.25. The number of aromatic nitrogens is 2. The Balaban J connectivity index is 1.95. The molecule has 0 radical (unpaired) electrons. The standard InChI is InChI=1S/C13H16FN3O3S/c14-13-3-2-12(8-11(13)9-18)21(19,20)16-4-1-6-17-7-5-15-10-17/h2-3,5,7-8,10,16,18H,1,4,6,9H2. The fraction of sp³-hybridized carbons (Fsp3) is 0.308. The Morgan fingerprint density at radius 2 is 2.19 bits per heavy atom. The predicted molar refractivity (Wildman–Crippen MR) is 74.4 cm³/mol. The molecule has 0 amide bonds. The summed E-state index contributed by atoms with van der Waals surface area (Å²) in [5.74, 6) is -0.628. The lowest BCUT2D eigenvalue weighted by atomic mass is 10.2. The van der Waals surface area contributed by atoms with Crippen LogP contribution in [-0.2, 0) is 23.2 Å². The van der Waals surface area contributed by atoms with Crippen LogP contribution in [0.25, 0.3) is 0 Å². The van der Waals surface area contributed by atoms with Gasteiger partial charge in [0.15, 0.2) is 0 Å². The van der Waals surface area contributed by atoms with Crippen LogP contribution in [0.3, 0.4) is 0 Å². The molecule has 2 aromatic rings. The molecule has 8 heteroatoms. The number of halogens is 1. The summed E-state index contributed by atoms with van der Waals surface area (Å²) in [5, 5.41) is 8.96. The number of rotatable bonds is 7. The number of sulfonamides is 1. The molecule has 0 saturated heterocycles. The second kappa shape index (κ2) is 6.79. The van der Waals surface area contributed by atoms with E-state index in [-0.39, 0.29) is 17.0 Å². The van der Waals surface area contributed by atoms with Gasteiger partial charge in [0, 0.05) is 31.0 Å². The van der Waals surface area contributed by atoms with Crippen LogP contribution in [0.5, 0.6) is 0 Å². The van der Waals surface area contributed by atoms with E-state index in [0.29, 0.717) is 13.0 Å². The van der Waals surface area contributed by atoms with Crippen LogP contribution < -0.4 is 4.72 Å². The highest BCUT2D eigenvalue weighted by atomic mass is 32.2. The molecule has 0 fully saturated rings. The Bertz CT molecular complexity index is 687. The molecule has 1 aromatic heterocycles. The average Bonchev–Trinajstić information content (AvgIpc) is 2.97. The second-order valence-corrected chi connectivity index (χ2v) is 6.23. The molecule has 0 aliphatic rings. The summed E-state index contributed by atoms with van der Waals surface area (Å²) in [6.07, 6.45) is 5.70. The number of hydrogen-bond acceptors (Lipinski definition) is 4. The Hall–Kier alpha value is -1.77. The maximum absolute atomic E-state index is 13.2. The molecule has 0 bridgehead atoms. The number of benzene rings is 1. The molecule has 0 aliphatic heterocycles. The fourth-order valence-electron chi connectivity index (χ4n) is 1.81. The quantitative estimate of drug-likeness (QED) is 0.743. The van der Waals surface area contributed by atoms with Crippen molar-refractivity contribution in [1.29, 1.82) is 0 Å². The van der Waals surface area contributed by atoms with Gasteiger partial charge in [0.2, 0.25) is 10.0 Å². The first kappa shape index (κ1) is 15.6. The van der Waals surface area contributed by atoms with Crippen LogP contribution >= 0.6 is 0 Å². The van der Waals surface area contributed by atoms with Gasteiger partial charge in [-0.1, -0.05) is 0 Å². The van der Waals surface area contributed by atoms with Gasteiger partial charge in [-0.25, -0.2) is 22.5 Å². The van der Waals surface area contributed by atoms with Crippen LogP contribution in [-0.4, -0.2) is 29.6 Å². The lowest BCUT2D eigenvalue weighted by Gasteiger charge is -2.08. The van der Waals surface area contributed by atoms with Gasteiger partial charge in [-0.3, -0.25) is 0 Å². The maximum atomic E-state index is 13.2. The Kier molecular flexibility index (Phi) is 5.05. The third kappa shape index (κ3) is 4.10. The first-order valence-electron chi connectivity index (χ1n) is 6.37. The fourth-order valence-corrected chi connectivity index (χ4v) is 2.93. The van der Waals surface area contributed by atoms with Gasteiger partial charge in [0.1, 0.15) is 5.82 Å². The van der Waals surface area contributed by atoms with Crippen LogP contribution in [0.2, 0.25) is 0 Å². The molecule has 2 rings (SSSR count). The summed E-state index contributed by atoms with van der Waals surface area (Å²) >= 11 is 0. The van der Waals surface area contributed by atoms with Crippen molar-refractivity contribution < 1.29 is 17.9 Å². The molecule has 0 spiro atoms. The molecular formula is C13H16FN3O3S. The summed E-state index contributed by atoms with van der Waals surface area (Å²) < 4.78 is 41.6. The molecular weight excluding hydrogens is 297 g/mol. The number of nitrogens with one attached hydrogen (secondary N) is 1. The molecule has 0 unspecified atom stereocenters. The van der Waals surface area contributed by atoms with Gasteiger partial charge in [-0.15, -0.1) is 0 Å². The predicted octanol–water partition coefficient (Wildman–Crippen LogP) is 0.883. The Morgan fingerprint density at radius 1 is 1.38 bits per heavy atom. The molecule has 1 aromatic carbocycles. The third-order valence-electron chi connectivity index (χ3n) is 2.94. The summed E-state index contributed by atoms with van der Waals surface area (Å²) in [6, 6.07) is 3.34. The number of nitrogens with zero attached hydrogens (tertiary/aromatic N) is 2. The van der Waals surface area contributed by atoms with E-state index in [1.54, 1.807) is 18.7 Å². The molecule has 6 nitrogen and oxygen atoms in total. The molecule has 114 valence electrons. The number of aryl methyl sites for hydroxylation is 1. The van der Waals surface area contributed by atoms with E-state index in [1.807, 2.05) is 4.57 Å². The van der Waals surface area contributed by atoms with Crippen molar-refractivity contribution in [2.24, 2.45) is 0 Å². The molecule has 2 N–H and O–H groups in total. The van der Waals surface area contributed by atoms with E-state index in [9.17, 15) is 12.8 Å². The highest BCUT2D eigenvalue weighted by Gasteiger charge is 2.15. The van der Waals surface area contributed by atoms with Crippen molar-refractivity contribution in [3.63, 3.8) is 0 Å². The lowest BCUT2D eigenvalue weighted by molar-refractivity contribution is 0.275. The molecule has 21 heavy (non-hydrogen) atoms. The zero-order valence-corrected chi connectivity index (χ0v) is 12.1. The monoisotopic (exact) mass is 313 g/mol. The van der Waals surface area contributed by atoms with E-state index in [4.69, 9.17) is 5.11 Å².